The van der Waals surface area contributed by atoms with Crippen molar-refractivity contribution in [3.05, 3.63) is 74.9 Å². The summed E-state index contributed by atoms with van der Waals surface area (Å²) in [5.74, 6) is -1.67. The molecular weight excluding hydrogens is 477 g/mol. The van der Waals surface area contributed by atoms with Crippen LogP contribution in [0, 0.1) is 0 Å². The molecule has 0 saturated carbocycles. The van der Waals surface area contributed by atoms with Crippen LogP contribution in [0.4, 0.5) is 24.5 Å². The Hall–Kier alpha value is -3.04. The summed E-state index contributed by atoms with van der Waals surface area (Å²) < 4.78 is 41.8. The largest absolute Gasteiger partial charge is 0.573 e. The predicted molar refractivity (Wildman–Crippen MR) is 121 cm³/mol. The van der Waals surface area contributed by atoms with Gasteiger partial charge in [-0.2, -0.15) is 0 Å². The number of halogens is 4. The molecule has 1 aromatic heterocycles. The van der Waals surface area contributed by atoms with Gasteiger partial charge in [-0.3, -0.25) is 9.59 Å². The molecule has 1 N–H and O–H groups in total. The average molecular weight is 495 g/mol. The van der Waals surface area contributed by atoms with Crippen LogP contribution in [0.2, 0.25) is 5.02 Å². The maximum Gasteiger partial charge on any atom is 0.573 e. The molecule has 0 unspecified atom stereocenters. The molecule has 5 nitrogen and oxygen atoms in total. The van der Waals surface area contributed by atoms with E-state index < -0.39 is 18.0 Å². The van der Waals surface area contributed by atoms with E-state index in [2.05, 4.69) is 10.1 Å². The number of aryl methyl sites for hydroxylation is 1. The number of benzene rings is 2. The minimum Gasteiger partial charge on any atom is -0.405 e. The SMILES string of the molecule is O=C(Nc1ccc(C(=O)N2CCCCc3sccc32)c(Cl)c1)c1ccccc1OC(F)(F)F. The lowest BCUT2D eigenvalue weighted by Crippen LogP contribution is -2.31. The Balaban J connectivity index is 1.53. The molecule has 0 radical (unpaired) electrons. The van der Waals surface area contributed by atoms with Crippen LogP contribution in [0.25, 0.3) is 0 Å². The second-order valence-electron chi connectivity index (χ2n) is 7.34. The Morgan fingerprint density at radius 3 is 2.61 bits per heavy atom. The van der Waals surface area contributed by atoms with Crippen LogP contribution in [0.5, 0.6) is 5.75 Å². The summed E-state index contributed by atoms with van der Waals surface area (Å²) in [5, 5.41) is 4.58. The number of nitrogens with one attached hydrogen (secondary N) is 1. The van der Waals surface area contributed by atoms with Gasteiger partial charge in [0.1, 0.15) is 5.75 Å². The summed E-state index contributed by atoms with van der Waals surface area (Å²) in [6, 6.07) is 11.3. The molecule has 172 valence electrons. The summed E-state index contributed by atoms with van der Waals surface area (Å²) in [5.41, 5.74) is 1.10. The zero-order valence-corrected chi connectivity index (χ0v) is 18.7. The minimum absolute atomic E-state index is 0.124. The van der Waals surface area contributed by atoms with Gasteiger partial charge in [0.2, 0.25) is 0 Å². The Kier molecular flexibility index (Phi) is 6.62. The van der Waals surface area contributed by atoms with Crippen molar-refractivity contribution in [3.63, 3.8) is 0 Å². The topological polar surface area (TPSA) is 58.6 Å². The van der Waals surface area contributed by atoms with Crippen LogP contribution in [-0.4, -0.2) is 24.7 Å². The molecule has 10 heteroatoms. The standard InChI is InChI=1S/C23H18ClF3N2O3S/c24-17-13-14(28-21(30)16-5-1-2-6-19(16)32-23(25,26)27)8-9-15(17)22(31)29-11-4-3-7-20-18(29)10-12-33-20/h1-2,5-6,8-10,12-13H,3-4,7,11H2,(H,28,30). The van der Waals surface area contributed by atoms with Gasteiger partial charge in [0, 0.05) is 17.1 Å². The van der Waals surface area contributed by atoms with E-state index >= 15 is 0 Å². The number of thiophene rings is 1. The summed E-state index contributed by atoms with van der Waals surface area (Å²) in [7, 11) is 0. The molecule has 3 aromatic rings. The molecule has 4 rings (SSSR count). The molecule has 2 heterocycles. The average Bonchev–Trinajstić information content (AvgIpc) is 3.12. The number of alkyl halides is 3. The molecule has 0 fully saturated rings. The van der Waals surface area contributed by atoms with Gasteiger partial charge in [0.15, 0.2) is 0 Å². The fourth-order valence-electron chi connectivity index (χ4n) is 3.63. The summed E-state index contributed by atoms with van der Waals surface area (Å²) in [6.07, 6.45) is -2.14. The number of ether oxygens (including phenoxy) is 1. The molecule has 2 amide bonds. The molecule has 2 aromatic carbocycles. The third-order valence-corrected chi connectivity index (χ3v) is 6.39. The van der Waals surface area contributed by atoms with Crippen molar-refractivity contribution in [2.24, 2.45) is 0 Å². The third-order valence-electron chi connectivity index (χ3n) is 5.11. The number of nitrogens with zero attached hydrogens (tertiary/aromatic N) is 1. The Labute approximate surface area is 196 Å². The van der Waals surface area contributed by atoms with E-state index in [0.29, 0.717) is 6.54 Å². The van der Waals surface area contributed by atoms with E-state index in [4.69, 9.17) is 11.6 Å². The first kappa shape index (κ1) is 23.1. The number of anilines is 2. The van der Waals surface area contributed by atoms with Crippen LogP contribution in [0.15, 0.2) is 53.9 Å². The molecular formula is C23H18ClF3N2O3S. The zero-order chi connectivity index (χ0) is 23.6. The highest BCUT2D eigenvalue weighted by Crippen LogP contribution is 2.33. The van der Waals surface area contributed by atoms with Crippen LogP contribution < -0.4 is 15.0 Å². The molecule has 0 saturated heterocycles. The van der Waals surface area contributed by atoms with Crippen molar-refractivity contribution in [2.75, 3.05) is 16.8 Å². The molecule has 1 aliphatic heterocycles. The van der Waals surface area contributed by atoms with Crippen LogP contribution in [0.3, 0.4) is 0 Å². The van der Waals surface area contributed by atoms with Crippen molar-refractivity contribution in [2.45, 2.75) is 25.6 Å². The van der Waals surface area contributed by atoms with Gasteiger partial charge in [-0.1, -0.05) is 23.7 Å². The third kappa shape index (κ3) is 5.31. The summed E-state index contributed by atoms with van der Waals surface area (Å²) in [4.78, 5) is 28.6. The van der Waals surface area contributed by atoms with E-state index in [1.165, 1.54) is 36.4 Å². The second-order valence-corrected chi connectivity index (χ2v) is 8.74. The molecule has 1 aliphatic rings. The number of rotatable bonds is 4. The van der Waals surface area contributed by atoms with Gasteiger partial charge in [-0.25, -0.2) is 0 Å². The normalized spacial score (nSPS) is 13.8. The number of para-hydroxylation sites is 1. The van der Waals surface area contributed by atoms with E-state index in [-0.39, 0.29) is 27.7 Å². The lowest BCUT2D eigenvalue weighted by atomic mass is 10.1. The quantitative estimate of drug-likeness (QED) is 0.448. The highest BCUT2D eigenvalue weighted by atomic mass is 35.5. The van der Waals surface area contributed by atoms with Gasteiger partial charge in [-0.05, 0) is 61.0 Å². The number of carbonyl (C=O) groups excluding carboxylic acids is 2. The molecule has 33 heavy (non-hydrogen) atoms. The lowest BCUT2D eigenvalue weighted by Gasteiger charge is -2.22. The van der Waals surface area contributed by atoms with Crippen molar-refractivity contribution in [1.82, 2.24) is 0 Å². The number of fused-ring (bicyclic) bond motifs is 1. The second kappa shape index (κ2) is 9.44. The number of carbonyl (C=O) groups is 2. The first-order valence-electron chi connectivity index (χ1n) is 10.1. The fourth-order valence-corrected chi connectivity index (χ4v) is 4.81. The maximum atomic E-state index is 13.2. The van der Waals surface area contributed by atoms with Gasteiger partial charge in [-0.15, -0.1) is 24.5 Å². The van der Waals surface area contributed by atoms with Gasteiger partial charge >= 0.3 is 6.36 Å². The maximum absolute atomic E-state index is 13.2. The number of amides is 2. The summed E-state index contributed by atoms with van der Waals surface area (Å²) in [6.45, 7) is 0.577. The van der Waals surface area contributed by atoms with E-state index in [9.17, 15) is 22.8 Å². The number of hydrogen-bond acceptors (Lipinski definition) is 4. The highest BCUT2D eigenvalue weighted by molar-refractivity contribution is 7.10. The van der Waals surface area contributed by atoms with E-state index in [1.807, 2.05) is 11.4 Å². The molecule has 0 bridgehead atoms. The van der Waals surface area contributed by atoms with Gasteiger partial charge in [0.25, 0.3) is 11.8 Å². The lowest BCUT2D eigenvalue weighted by molar-refractivity contribution is -0.274. The molecule has 0 aliphatic carbocycles. The first-order chi connectivity index (χ1) is 15.7. The van der Waals surface area contributed by atoms with Gasteiger partial charge in [0.05, 0.1) is 21.8 Å². The van der Waals surface area contributed by atoms with E-state index in [0.717, 1.165) is 35.9 Å². The molecule has 0 spiro atoms. The monoisotopic (exact) mass is 494 g/mol. The zero-order valence-electron chi connectivity index (χ0n) is 17.1. The van der Waals surface area contributed by atoms with Crippen LogP contribution in [0.1, 0.15) is 38.4 Å². The van der Waals surface area contributed by atoms with Crippen molar-refractivity contribution >= 4 is 46.1 Å². The Bertz CT molecular complexity index is 1200. The van der Waals surface area contributed by atoms with Crippen LogP contribution in [-0.2, 0) is 6.42 Å². The van der Waals surface area contributed by atoms with Crippen molar-refractivity contribution < 1.29 is 27.5 Å². The highest BCUT2D eigenvalue weighted by Gasteiger charge is 2.33. The van der Waals surface area contributed by atoms with Crippen LogP contribution >= 0.6 is 22.9 Å². The number of hydrogen-bond donors (Lipinski definition) is 1. The molecule has 0 atom stereocenters. The van der Waals surface area contributed by atoms with Gasteiger partial charge < -0.3 is 15.0 Å². The Morgan fingerprint density at radius 2 is 1.85 bits per heavy atom. The Morgan fingerprint density at radius 1 is 1.06 bits per heavy atom. The van der Waals surface area contributed by atoms with Crippen molar-refractivity contribution in [3.8, 4) is 5.75 Å². The smallest absolute Gasteiger partial charge is 0.405 e. The fraction of sp³-hybridized carbons (Fsp3) is 0.217. The van der Waals surface area contributed by atoms with Crippen molar-refractivity contribution in [1.29, 1.82) is 0 Å². The predicted octanol–water partition coefficient (Wildman–Crippen LogP) is 6.54. The first-order valence-corrected chi connectivity index (χ1v) is 11.3. The van der Waals surface area contributed by atoms with E-state index in [1.54, 1.807) is 16.2 Å². The minimum atomic E-state index is -4.93. The summed E-state index contributed by atoms with van der Waals surface area (Å²) >= 11 is 7.98.